The quantitative estimate of drug-likeness (QED) is 0.0457. The Morgan fingerprint density at radius 2 is 2.00 bits per heavy atom. The van der Waals surface area contributed by atoms with Crippen molar-refractivity contribution in [2.24, 2.45) is 12.0 Å². The molecule has 0 aliphatic carbocycles. The molecular weight excluding hydrogens is 472 g/mol. The van der Waals surface area contributed by atoms with Crippen LogP contribution in [0.3, 0.4) is 0 Å². The van der Waals surface area contributed by atoms with E-state index in [4.69, 9.17) is 4.74 Å². The number of nitrogens with zero attached hydrogens (tertiary/aromatic N) is 5. The normalized spacial score (nSPS) is 12.1. The van der Waals surface area contributed by atoms with Gasteiger partial charge < -0.3 is 14.8 Å². The van der Waals surface area contributed by atoms with E-state index in [1.54, 1.807) is 54.2 Å². The van der Waals surface area contributed by atoms with Crippen LogP contribution in [-0.4, -0.2) is 68.1 Å². The fraction of sp³-hybridized carbons (Fsp3) is 0.500. The van der Waals surface area contributed by atoms with Crippen molar-refractivity contribution in [1.82, 2.24) is 14.5 Å². The molecule has 1 heterocycles. The van der Waals surface area contributed by atoms with Crippen molar-refractivity contribution in [2.75, 3.05) is 45.0 Å². The third-order valence-electron chi connectivity index (χ3n) is 4.81. The van der Waals surface area contributed by atoms with E-state index >= 15 is 0 Å². The lowest BCUT2D eigenvalue weighted by atomic mass is 10.4. The van der Waals surface area contributed by atoms with E-state index in [1.165, 1.54) is 11.9 Å². The highest BCUT2D eigenvalue weighted by Gasteiger charge is 2.24. The number of rotatable bonds is 14. The molecule has 0 amide bonds. The molecule has 0 aliphatic rings. The van der Waals surface area contributed by atoms with Crippen LogP contribution in [0.5, 0.6) is 0 Å². The minimum Gasteiger partial charge on any atom is -0.469 e. The maximum absolute atomic E-state index is 13.3. The van der Waals surface area contributed by atoms with Gasteiger partial charge in [-0.3, -0.25) is 9.59 Å². The summed E-state index contributed by atoms with van der Waals surface area (Å²) in [4.78, 5) is 30.6. The van der Waals surface area contributed by atoms with Gasteiger partial charge in [0.1, 0.15) is 12.4 Å². The van der Waals surface area contributed by atoms with Gasteiger partial charge in [-0.05, 0) is 12.1 Å². The number of hydrazine groups is 1. The van der Waals surface area contributed by atoms with Crippen LogP contribution in [-0.2, 0) is 21.3 Å². The second kappa shape index (κ2) is 13.3. The first-order valence-electron chi connectivity index (χ1n) is 10.8. The number of ether oxygens (including phenoxy) is 2. The maximum atomic E-state index is 13.3. The van der Waals surface area contributed by atoms with Crippen LogP contribution in [0, 0.1) is 0 Å². The molecule has 0 fully saturated rings. The lowest BCUT2D eigenvalue weighted by molar-refractivity contribution is -0.139. The van der Waals surface area contributed by atoms with E-state index in [0.717, 1.165) is 6.04 Å². The van der Waals surface area contributed by atoms with E-state index in [2.05, 4.69) is 60.5 Å². The summed E-state index contributed by atoms with van der Waals surface area (Å²) in [6, 6.07) is 1.01. The second-order valence-corrected chi connectivity index (χ2v) is 14.8. The number of nitrogens with one attached hydrogen (secondary N) is 1. The number of anilines is 1. The lowest BCUT2D eigenvalue weighted by Gasteiger charge is -2.35. The molecule has 0 atom stereocenters. The zero-order chi connectivity index (χ0) is 26.1. The fourth-order valence-electron chi connectivity index (χ4n) is 2.87. The van der Waals surface area contributed by atoms with Crippen LogP contribution in [0.25, 0.3) is 0 Å². The van der Waals surface area contributed by atoms with Gasteiger partial charge in [-0.2, -0.15) is 0 Å². The van der Waals surface area contributed by atoms with E-state index in [1.807, 2.05) is 0 Å². The molecule has 12 heteroatoms. The number of hydrogen-bond donors (Lipinski definition) is 2. The number of aromatic nitrogens is 2. The zero-order valence-electron chi connectivity index (χ0n) is 21.3. The number of hydrogen-bond acceptors (Lipinski definition) is 8. The molecule has 1 aromatic rings. The van der Waals surface area contributed by atoms with E-state index in [0.29, 0.717) is 18.1 Å². The molecule has 0 saturated heterocycles. The number of thiol groups is 1. The monoisotopic (exact) mass is 510 g/mol. The van der Waals surface area contributed by atoms with Gasteiger partial charge in [0, 0.05) is 35.8 Å². The zero-order valence-corrected chi connectivity index (χ0v) is 23.2. The van der Waals surface area contributed by atoms with Crippen molar-refractivity contribution in [2.45, 2.75) is 32.1 Å². The lowest BCUT2D eigenvalue weighted by Crippen LogP contribution is -2.52. The van der Waals surface area contributed by atoms with Gasteiger partial charge in [0.15, 0.2) is 5.82 Å². The van der Waals surface area contributed by atoms with Gasteiger partial charge >= 0.3 is 11.5 Å². The number of allylic oxidation sites excluding steroid dienone is 3. The Balaban J connectivity index is 3.37. The van der Waals surface area contributed by atoms with Crippen LogP contribution in [0.4, 0.5) is 11.5 Å². The molecule has 0 aliphatic heterocycles. The largest absolute Gasteiger partial charge is 0.469 e. The summed E-state index contributed by atoms with van der Waals surface area (Å²) in [5.41, 5.74) is 0.496. The molecule has 0 unspecified atom stereocenters. The van der Waals surface area contributed by atoms with Crippen LogP contribution >= 0.6 is 12.6 Å². The highest BCUT2D eigenvalue weighted by molar-refractivity contribution is 7.97. The topological polar surface area (TPSA) is 93.3 Å². The number of carbonyl (C=O) groups excluding carboxylic acids is 1. The standard InChI is InChI=1S/C22H38N6O4SSi/c1-10-11-12-17(2)27(16-32-13-14-34(7,8)9)26(5)28-22(30)20(23-3)21(25(28)4)24-18(33)15-19(29)31-6/h10-12,23H,1-2,13-16H2,3-9H3,(H,24,33)/b12-11-. The van der Waals surface area contributed by atoms with Gasteiger partial charge in [-0.1, -0.05) is 45.0 Å². The van der Waals surface area contributed by atoms with Gasteiger partial charge in [0.25, 0.3) is 0 Å². The molecule has 0 saturated carbocycles. The Morgan fingerprint density at radius 1 is 1.35 bits per heavy atom. The Kier molecular flexibility index (Phi) is 11.4. The average Bonchev–Trinajstić information content (AvgIpc) is 2.99. The highest BCUT2D eigenvalue weighted by atomic mass is 32.1. The summed E-state index contributed by atoms with van der Waals surface area (Å²) in [5.74, 6) is -0.173. The molecule has 0 aromatic carbocycles. The number of methoxy groups -OCH3 is 1. The predicted octanol–water partition coefficient (Wildman–Crippen LogP) is 3.10. The fourth-order valence-corrected chi connectivity index (χ4v) is 3.85. The second-order valence-electron chi connectivity index (χ2n) is 8.67. The summed E-state index contributed by atoms with van der Waals surface area (Å²) >= 11 is 4.28. The summed E-state index contributed by atoms with van der Waals surface area (Å²) in [5, 5.41) is 6.44. The summed E-state index contributed by atoms with van der Waals surface area (Å²) in [6.07, 6.45) is 5.07. The van der Waals surface area contributed by atoms with Crippen LogP contribution in [0.15, 0.2) is 46.9 Å². The third-order valence-corrected chi connectivity index (χ3v) is 6.78. The SMILES string of the molecule is C=C/C=C\C(=C)N(COCC[Si](C)(C)C)N(C)n1c(=O)c(NC)c(/N=C(\S)CC(=O)OC)n1C. The molecule has 34 heavy (non-hydrogen) atoms. The first-order chi connectivity index (χ1) is 15.9. The van der Waals surface area contributed by atoms with Gasteiger partial charge in [-0.15, -0.1) is 17.4 Å². The van der Waals surface area contributed by atoms with E-state index in [-0.39, 0.29) is 29.4 Å². The van der Waals surface area contributed by atoms with Gasteiger partial charge in [0.2, 0.25) is 0 Å². The molecule has 10 nitrogen and oxygen atoms in total. The van der Waals surface area contributed by atoms with Crippen molar-refractivity contribution < 1.29 is 14.3 Å². The Morgan fingerprint density at radius 3 is 2.53 bits per heavy atom. The molecular formula is C22H38N6O4SSi. The first-order valence-corrected chi connectivity index (χ1v) is 14.9. The first kappa shape index (κ1) is 29.3. The highest BCUT2D eigenvalue weighted by Crippen LogP contribution is 2.23. The number of esters is 1. The van der Waals surface area contributed by atoms with Crippen LogP contribution in [0.2, 0.25) is 25.7 Å². The summed E-state index contributed by atoms with van der Waals surface area (Å²) in [6.45, 7) is 15.5. The van der Waals surface area contributed by atoms with E-state index in [9.17, 15) is 9.59 Å². The van der Waals surface area contributed by atoms with Crippen molar-refractivity contribution >= 4 is 43.2 Å². The Labute approximate surface area is 208 Å². The molecule has 1 N–H and O–H groups in total. The van der Waals surface area contributed by atoms with E-state index < -0.39 is 14.0 Å². The molecule has 0 radical (unpaired) electrons. The molecule has 0 spiro atoms. The maximum Gasteiger partial charge on any atom is 0.313 e. The van der Waals surface area contributed by atoms with Crippen molar-refractivity contribution in [3.8, 4) is 0 Å². The molecule has 1 aromatic heterocycles. The minimum absolute atomic E-state index is 0.113. The third kappa shape index (κ3) is 8.26. The predicted molar refractivity (Wildman–Crippen MR) is 145 cm³/mol. The average molecular weight is 511 g/mol. The van der Waals surface area contributed by atoms with Gasteiger partial charge in [0.05, 0.1) is 24.3 Å². The summed E-state index contributed by atoms with van der Waals surface area (Å²) in [7, 11) is 5.07. The number of carbonyl (C=O) groups is 1. The minimum atomic E-state index is -1.26. The summed E-state index contributed by atoms with van der Waals surface area (Å²) < 4.78 is 12.2. The van der Waals surface area contributed by atoms with Gasteiger partial charge in [-0.25, -0.2) is 19.8 Å². The van der Waals surface area contributed by atoms with Crippen LogP contribution in [0.1, 0.15) is 6.42 Å². The Bertz CT molecular complexity index is 993. The molecule has 190 valence electrons. The van der Waals surface area contributed by atoms with Crippen molar-refractivity contribution in [3.05, 3.63) is 47.4 Å². The number of aliphatic imine (C=N–C) groups is 1. The van der Waals surface area contributed by atoms with Crippen molar-refractivity contribution in [1.29, 1.82) is 0 Å². The molecule has 0 bridgehead atoms. The smallest absolute Gasteiger partial charge is 0.313 e. The van der Waals surface area contributed by atoms with Crippen LogP contribution < -0.4 is 16.0 Å². The Hall–Kier alpha value is -2.70. The van der Waals surface area contributed by atoms with Crippen molar-refractivity contribution in [3.63, 3.8) is 0 Å². The molecule has 1 rings (SSSR count).